The Morgan fingerprint density at radius 2 is 1.62 bits per heavy atom. The summed E-state index contributed by atoms with van der Waals surface area (Å²) in [5, 5.41) is 9.93. The molecule has 0 aliphatic rings. The number of fused-ring (bicyclic) bond motifs is 2. The Morgan fingerprint density at radius 1 is 0.857 bits per heavy atom. The van der Waals surface area contributed by atoms with E-state index in [9.17, 15) is 0 Å². The van der Waals surface area contributed by atoms with E-state index in [-0.39, 0.29) is 0 Å². The summed E-state index contributed by atoms with van der Waals surface area (Å²) in [5.74, 6) is 0. The van der Waals surface area contributed by atoms with Gasteiger partial charge in [0, 0.05) is 28.3 Å². The van der Waals surface area contributed by atoms with Crippen LogP contribution < -0.4 is 5.32 Å². The first-order valence-electron chi connectivity index (χ1n) is 7.42. The van der Waals surface area contributed by atoms with E-state index in [1.165, 1.54) is 38.4 Å². The molecule has 1 N–H and O–H groups in total. The number of halogens is 1. The normalized spacial score (nSPS) is 11.2. The van der Waals surface area contributed by atoms with E-state index in [4.69, 9.17) is 0 Å². The summed E-state index contributed by atoms with van der Waals surface area (Å²) in [7, 11) is 0. The molecule has 2 heteroatoms. The van der Waals surface area contributed by atoms with E-state index in [2.05, 4.69) is 77.6 Å². The molecule has 0 amide bonds. The van der Waals surface area contributed by atoms with Crippen molar-refractivity contribution in [2.24, 2.45) is 0 Å². The number of hydrogen-bond donors (Lipinski definition) is 1. The lowest BCUT2D eigenvalue weighted by Gasteiger charge is -2.14. The first-order valence-corrected chi connectivity index (χ1v) is 8.55. The molecule has 21 heavy (non-hydrogen) atoms. The summed E-state index contributed by atoms with van der Waals surface area (Å²) in [4.78, 5) is 0. The Labute approximate surface area is 134 Å². The summed E-state index contributed by atoms with van der Waals surface area (Å²) in [6, 6.07) is 15.7. The zero-order valence-electron chi connectivity index (χ0n) is 12.5. The fourth-order valence-electron chi connectivity index (χ4n) is 2.82. The molecule has 0 bridgehead atoms. The largest absolute Gasteiger partial charge is 0.384 e. The van der Waals surface area contributed by atoms with Gasteiger partial charge in [-0.1, -0.05) is 57.4 Å². The van der Waals surface area contributed by atoms with Crippen molar-refractivity contribution in [3.63, 3.8) is 0 Å². The highest BCUT2D eigenvalue weighted by Gasteiger charge is 2.08. The first-order chi connectivity index (χ1) is 10.2. The van der Waals surface area contributed by atoms with E-state index >= 15 is 0 Å². The Kier molecular flexibility index (Phi) is 4.16. The van der Waals surface area contributed by atoms with Crippen LogP contribution in [0.1, 0.15) is 17.5 Å². The predicted molar refractivity (Wildman–Crippen MR) is 97.8 cm³/mol. The summed E-state index contributed by atoms with van der Waals surface area (Å²) in [6.45, 7) is 5.29. The Hall–Kier alpha value is -1.54. The van der Waals surface area contributed by atoms with Crippen LogP contribution in [0.3, 0.4) is 0 Å². The number of alkyl halides is 1. The van der Waals surface area contributed by atoms with Crippen molar-refractivity contribution in [1.29, 1.82) is 0 Å². The Balaban J connectivity index is 2.25. The van der Waals surface area contributed by atoms with Gasteiger partial charge in [0.1, 0.15) is 0 Å². The van der Waals surface area contributed by atoms with Crippen LogP contribution in [0.15, 0.2) is 42.5 Å². The minimum Gasteiger partial charge on any atom is -0.384 e. The minimum atomic E-state index is 0.987. The molecule has 0 fully saturated rings. The van der Waals surface area contributed by atoms with Gasteiger partial charge in [0.15, 0.2) is 0 Å². The molecule has 0 saturated heterocycles. The minimum absolute atomic E-state index is 0.987. The summed E-state index contributed by atoms with van der Waals surface area (Å²) in [6.07, 6.45) is 1.12. The van der Waals surface area contributed by atoms with Crippen molar-refractivity contribution in [2.45, 2.75) is 20.3 Å². The van der Waals surface area contributed by atoms with Crippen molar-refractivity contribution < 1.29 is 0 Å². The van der Waals surface area contributed by atoms with Gasteiger partial charge in [-0.2, -0.15) is 0 Å². The van der Waals surface area contributed by atoms with Crippen LogP contribution in [-0.2, 0) is 0 Å². The topological polar surface area (TPSA) is 12.0 Å². The fraction of sp³-hybridized carbons (Fsp3) is 0.263. The maximum Gasteiger partial charge on any atom is 0.0499 e. The van der Waals surface area contributed by atoms with Gasteiger partial charge >= 0.3 is 0 Å². The zero-order chi connectivity index (χ0) is 14.8. The molecule has 0 spiro atoms. The highest BCUT2D eigenvalue weighted by molar-refractivity contribution is 9.09. The molecule has 0 aliphatic heterocycles. The van der Waals surface area contributed by atoms with Crippen molar-refractivity contribution in [3.05, 3.63) is 53.6 Å². The zero-order valence-corrected chi connectivity index (χ0v) is 14.1. The van der Waals surface area contributed by atoms with Gasteiger partial charge in [-0.05, 0) is 43.2 Å². The Bertz CT molecular complexity index is 792. The number of anilines is 1. The second kappa shape index (κ2) is 6.07. The third kappa shape index (κ3) is 2.91. The van der Waals surface area contributed by atoms with Crippen LogP contribution in [0.4, 0.5) is 5.69 Å². The van der Waals surface area contributed by atoms with Gasteiger partial charge in [-0.3, -0.25) is 0 Å². The average Bonchev–Trinajstić information content (AvgIpc) is 2.47. The molecule has 3 aromatic carbocycles. The number of rotatable bonds is 4. The highest BCUT2D eigenvalue weighted by atomic mass is 79.9. The third-order valence-electron chi connectivity index (χ3n) is 3.88. The molecule has 0 heterocycles. The van der Waals surface area contributed by atoms with Gasteiger partial charge in [0.05, 0.1) is 0 Å². The lowest BCUT2D eigenvalue weighted by molar-refractivity contribution is 1.00. The molecule has 1 nitrogen and oxygen atoms in total. The van der Waals surface area contributed by atoms with Crippen molar-refractivity contribution in [1.82, 2.24) is 0 Å². The smallest absolute Gasteiger partial charge is 0.0499 e. The summed E-state index contributed by atoms with van der Waals surface area (Å²) >= 11 is 3.50. The first kappa shape index (κ1) is 14.4. The quantitative estimate of drug-likeness (QED) is 0.359. The van der Waals surface area contributed by atoms with Gasteiger partial charge in [0.2, 0.25) is 0 Å². The third-order valence-corrected chi connectivity index (χ3v) is 4.44. The molecule has 3 aromatic rings. The molecule has 0 unspecified atom stereocenters. The second-order valence-corrected chi connectivity index (χ2v) is 6.46. The lowest BCUT2D eigenvalue weighted by atomic mass is 9.98. The monoisotopic (exact) mass is 341 g/mol. The summed E-state index contributed by atoms with van der Waals surface area (Å²) in [5.41, 5.74) is 3.88. The van der Waals surface area contributed by atoms with Gasteiger partial charge in [-0.15, -0.1) is 0 Å². The molecule has 0 radical (unpaired) electrons. The molecular formula is C19H20BrN. The van der Waals surface area contributed by atoms with Crippen LogP contribution in [-0.4, -0.2) is 11.9 Å². The molecule has 0 aromatic heterocycles. The van der Waals surface area contributed by atoms with Crippen LogP contribution in [0.2, 0.25) is 0 Å². The molecule has 0 aliphatic carbocycles. The number of nitrogens with one attached hydrogen (secondary N) is 1. The second-order valence-electron chi connectivity index (χ2n) is 5.67. The van der Waals surface area contributed by atoms with E-state index in [0.717, 1.165) is 18.3 Å². The highest BCUT2D eigenvalue weighted by Crippen LogP contribution is 2.34. The van der Waals surface area contributed by atoms with E-state index < -0.39 is 0 Å². The maximum atomic E-state index is 3.65. The van der Waals surface area contributed by atoms with Crippen LogP contribution >= 0.6 is 15.9 Å². The predicted octanol–water partition coefficient (Wildman–Crippen LogP) is 5.81. The van der Waals surface area contributed by atoms with Crippen LogP contribution in [0.5, 0.6) is 0 Å². The SMILES string of the molecule is Cc1ccc2c(NCCCBr)c3cc(C)ccc3cc2c1. The maximum absolute atomic E-state index is 3.65. The van der Waals surface area contributed by atoms with Gasteiger partial charge < -0.3 is 5.32 Å². The van der Waals surface area contributed by atoms with Gasteiger partial charge in [0.25, 0.3) is 0 Å². The number of aryl methyl sites for hydroxylation is 2. The molecule has 0 atom stereocenters. The Morgan fingerprint density at radius 3 is 2.43 bits per heavy atom. The van der Waals surface area contributed by atoms with E-state index in [1.54, 1.807) is 0 Å². The van der Waals surface area contributed by atoms with Crippen LogP contribution in [0.25, 0.3) is 21.5 Å². The average molecular weight is 342 g/mol. The lowest BCUT2D eigenvalue weighted by Crippen LogP contribution is -2.03. The van der Waals surface area contributed by atoms with E-state index in [0.29, 0.717) is 0 Å². The summed E-state index contributed by atoms with van der Waals surface area (Å²) < 4.78 is 0. The van der Waals surface area contributed by atoms with Crippen molar-refractivity contribution in [2.75, 3.05) is 17.2 Å². The molecule has 3 rings (SSSR count). The fourth-order valence-corrected chi connectivity index (χ4v) is 3.11. The number of hydrogen-bond acceptors (Lipinski definition) is 1. The van der Waals surface area contributed by atoms with Crippen LogP contribution in [0, 0.1) is 13.8 Å². The van der Waals surface area contributed by atoms with Crippen molar-refractivity contribution in [3.8, 4) is 0 Å². The number of benzene rings is 3. The van der Waals surface area contributed by atoms with Gasteiger partial charge in [-0.25, -0.2) is 0 Å². The molecule has 0 saturated carbocycles. The standard InChI is InChI=1S/C19H20BrN/c1-13-5-7-17-16(10-13)12-15-6-4-14(2)11-18(15)19(17)21-9-3-8-20/h4-7,10-12,21H,3,8-9H2,1-2H3. The molecule has 108 valence electrons. The molecular weight excluding hydrogens is 322 g/mol. The van der Waals surface area contributed by atoms with Crippen molar-refractivity contribution >= 4 is 43.2 Å². The van der Waals surface area contributed by atoms with E-state index in [1.807, 2.05) is 0 Å².